The molecule has 0 saturated carbocycles. The Hall–Kier alpha value is -3.78. The maximum Gasteiger partial charge on any atom is 0.335 e. The molecule has 1 heterocycles. The lowest BCUT2D eigenvalue weighted by molar-refractivity contribution is 0.0696. The Morgan fingerprint density at radius 1 is 1.15 bits per heavy atom. The number of hydrogen-bond donors (Lipinski definition) is 1. The Balaban J connectivity index is 1.65. The van der Waals surface area contributed by atoms with Crippen LogP contribution in [-0.2, 0) is 13.0 Å². The zero-order valence-corrected chi connectivity index (χ0v) is 20.0. The van der Waals surface area contributed by atoms with Gasteiger partial charge in [0.2, 0.25) is 0 Å². The number of ether oxygens (including phenoxy) is 1. The standard InChI is InChI=1S/C26H22BrN3O4/c1-2-6-24-29-22-12-11-20(27)14-21(22)25(31)30(24)28-15-19-8-3-4-10-23(19)34-16-17-7-5-9-18(13-17)26(32)33/h3-5,7-15H,2,6,16H2,1H3,(H,32,33). The minimum Gasteiger partial charge on any atom is -0.488 e. The van der Waals surface area contributed by atoms with Crippen molar-refractivity contribution in [3.8, 4) is 5.75 Å². The number of rotatable bonds is 8. The van der Waals surface area contributed by atoms with E-state index in [0.29, 0.717) is 34.5 Å². The van der Waals surface area contributed by atoms with E-state index >= 15 is 0 Å². The highest BCUT2D eigenvalue weighted by atomic mass is 79.9. The number of aromatic nitrogens is 2. The normalized spacial score (nSPS) is 11.2. The number of fused-ring (bicyclic) bond motifs is 1. The average molecular weight is 520 g/mol. The van der Waals surface area contributed by atoms with E-state index in [1.54, 1.807) is 36.5 Å². The highest BCUT2D eigenvalue weighted by Crippen LogP contribution is 2.19. The molecular weight excluding hydrogens is 498 g/mol. The SMILES string of the molecule is CCCc1nc2ccc(Br)cc2c(=O)n1N=Cc1ccccc1OCc1cccc(C(=O)O)c1. The van der Waals surface area contributed by atoms with Crippen LogP contribution in [0.3, 0.4) is 0 Å². The number of aryl methyl sites for hydroxylation is 1. The summed E-state index contributed by atoms with van der Waals surface area (Å²) in [7, 11) is 0. The minimum absolute atomic E-state index is 0.193. The third kappa shape index (κ3) is 5.23. The fourth-order valence-electron chi connectivity index (χ4n) is 3.49. The van der Waals surface area contributed by atoms with E-state index in [9.17, 15) is 14.7 Å². The van der Waals surface area contributed by atoms with Gasteiger partial charge in [-0.2, -0.15) is 9.78 Å². The molecule has 0 spiro atoms. The molecule has 34 heavy (non-hydrogen) atoms. The summed E-state index contributed by atoms with van der Waals surface area (Å²) in [6, 6.07) is 19.3. The van der Waals surface area contributed by atoms with Gasteiger partial charge in [-0.3, -0.25) is 4.79 Å². The fraction of sp³-hybridized carbons (Fsp3) is 0.154. The van der Waals surface area contributed by atoms with Crippen molar-refractivity contribution in [1.82, 2.24) is 9.66 Å². The molecule has 0 bridgehead atoms. The smallest absolute Gasteiger partial charge is 0.335 e. The molecule has 1 aromatic heterocycles. The molecule has 0 unspecified atom stereocenters. The van der Waals surface area contributed by atoms with Gasteiger partial charge in [-0.25, -0.2) is 9.78 Å². The number of benzene rings is 3. The van der Waals surface area contributed by atoms with Gasteiger partial charge in [0.05, 0.1) is 22.7 Å². The number of halogens is 1. The van der Waals surface area contributed by atoms with Gasteiger partial charge in [0.25, 0.3) is 5.56 Å². The second-order valence-corrected chi connectivity index (χ2v) is 8.55. The second kappa shape index (κ2) is 10.4. The number of carbonyl (C=O) groups is 1. The van der Waals surface area contributed by atoms with Crippen LogP contribution >= 0.6 is 15.9 Å². The van der Waals surface area contributed by atoms with Crippen LogP contribution in [0, 0.1) is 0 Å². The number of hydrogen-bond acceptors (Lipinski definition) is 5. The molecule has 0 amide bonds. The molecule has 0 aliphatic heterocycles. The quantitative estimate of drug-likeness (QED) is 0.320. The van der Waals surface area contributed by atoms with Crippen LogP contribution in [0.5, 0.6) is 5.75 Å². The first kappa shape index (κ1) is 23.4. The van der Waals surface area contributed by atoms with Crippen LogP contribution in [0.15, 0.2) is 81.1 Å². The lowest BCUT2D eigenvalue weighted by atomic mass is 10.1. The zero-order chi connectivity index (χ0) is 24.1. The lowest BCUT2D eigenvalue weighted by Gasteiger charge is -2.11. The van der Waals surface area contributed by atoms with E-state index in [-0.39, 0.29) is 17.7 Å². The second-order valence-electron chi connectivity index (χ2n) is 7.63. The molecule has 3 aromatic carbocycles. The summed E-state index contributed by atoms with van der Waals surface area (Å²) in [6.45, 7) is 2.22. The molecule has 0 radical (unpaired) electrons. The summed E-state index contributed by atoms with van der Waals surface area (Å²) in [5.74, 6) is 0.162. The molecule has 0 fully saturated rings. The third-order valence-corrected chi connectivity index (χ3v) is 5.64. The molecule has 8 heteroatoms. The van der Waals surface area contributed by atoms with E-state index in [2.05, 4.69) is 26.0 Å². The van der Waals surface area contributed by atoms with E-state index in [0.717, 1.165) is 16.5 Å². The van der Waals surface area contributed by atoms with Crippen LogP contribution in [0.2, 0.25) is 0 Å². The van der Waals surface area contributed by atoms with Crippen molar-refractivity contribution in [1.29, 1.82) is 0 Å². The number of para-hydroxylation sites is 1. The van der Waals surface area contributed by atoms with E-state index in [1.807, 2.05) is 37.3 Å². The van der Waals surface area contributed by atoms with Crippen molar-refractivity contribution in [3.05, 3.63) is 104 Å². The number of carboxylic acids is 1. The van der Waals surface area contributed by atoms with Crippen molar-refractivity contribution in [2.24, 2.45) is 5.10 Å². The van der Waals surface area contributed by atoms with Crippen molar-refractivity contribution >= 4 is 39.0 Å². The summed E-state index contributed by atoms with van der Waals surface area (Å²) < 4.78 is 8.08. The summed E-state index contributed by atoms with van der Waals surface area (Å²) >= 11 is 3.41. The van der Waals surface area contributed by atoms with Gasteiger partial charge in [0.1, 0.15) is 18.2 Å². The molecule has 0 saturated heterocycles. The molecule has 0 atom stereocenters. The van der Waals surface area contributed by atoms with Crippen molar-refractivity contribution in [3.63, 3.8) is 0 Å². The zero-order valence-electron chi connectivity index (χ0n) is 18.4. The summed E-state index contributed by atoms with van der Waals surface area (Å²) in [4.78, 5) is 29.0. The van der Waals surface area contributed by atoms with Gasteiger partial charge in [0, 0.05) is 16.5 Å². The summed E-state index contributed by atoms with van der Waals surface area (Å²) in [5.41, 5.74) is 2.01. The first-order valence-electron chi connectivity index (χ1n) is 10.8. The van der Waals surface area contributed by atoms with E-state index in [4.69, 9.17) is 4.74 Å². The van der Waals surface area contributed by atoms with Gasteiger partial charge in [-0.15, -0.1) is 0 Å². The third-order valence-electron chi connectivity index (χ3n) is 5.15. The van der Waals surface area contributed by atoms with Gasteiger partial charge < -0.3 is 9.84 Å². The van der Waals surface area contributed by atoms with Gasteiger partial charge in [-0.05, 0) is 54.4 Å². The molecule has 1 N–H and O–H groups in total. The van der Waals surface area contributed by atoms with Gasteiger partial charge in [-0.1, -0.05) is 47.1 Å². The fourth-order valence-corrected chi connectivity index (χ4v) is 3.85. The predicted octanol–water partition coefficient (Wildman–Crippen LogP) is 5.27. The summed E-state index contributed by atoms with van der Waals surface area (Å²) in [5, 5.41) is 14.1. The van der Waals surface area contributed by atoms with Crippen LogP contribution < -0.4 is 10.3 Å². The minimum atomic E-state index is -0.987. The maximum absolute atomic E-state index is 13.2. The van der Waals surface area contributed by atoms with Crippen LogP contribution in [0.4, 0.5) is 0 Å². The topological polar surface area (TPSA) is 93.8 Å². The Morgan fingerprint density at radius 2 is 1.97 bits per heavy atom. The van der Waals surface area contributed by atoms with Crippen molar-refractivity contribution < 1.29 is 14.6 Å². The highest BCUT2D eigenvalue weighted by Gasteiger charge is 2.11. The molecule has 4 rings (SSSR count). The first-order chi connectivity index (χ1) is 16.5. The number of nitrogens with zero attached hydrogens (tertiary/aromatic N) is 3. The summed E-state index contributed by atoms with van der Waals surface area (Å²) in [6.07, 6.45) is 3.00. The molecule has 0 aliphatic rings. The average Bonchev–Trinajstić information content (AvgIpc) is 2.84. The van der Waals surface area contributed by atoms with Crippen LogP contribution in [0.25, 0.3) is 10.9 Å². The number of aromatic carboxylic acids is 1. The van der Waals surface area contributed by atoms with Crippen LogP contribution in [0.1, 0.15) is 40.7 Å². The Kier molecular flexibility index (Phi) is 7.18. The van der Waals surface area contributed by atoms with Gasteiger partial charge >= 0.3 is 5.97 Å². The van der Waals surface area contributed by atoms with Crippen molar-refractivity contribution in [2.75, 3.05) is 0 Å². The molecule has 0 aliphatic carbocycles. The predicted molar refractivity (Wildman–Crippen MR) is 135 cm³/mol. The van der Waals surface area contributed by atoms with Gasteiger partial charge in [0.15, 0.2) is 0 Å². The largest absolute Gasteiger partial charge is 0.488 e. The van der Waals surface area contributed by atoms with E-state index in [1.165, 1.54) is 10.7 Å². The maximum atomic E-state index is 13.2. The first-order valence-corrected chi connectivity index (χ1v) is 11.5. The highest BCUT2D eigenvalue weighted by molar-refractivity contribution is 9.10. The monoisotopic (exact) mass is 519 g/mol. The number of carboxylic acid groups (broad SMARTS) is 1. The Morgan fingerprint density at radius 3 is 2.76 bits per heavy atom. The van der Waals surface area contributed by atoms with Crippen molar-refractivity contribution in [2.45, 2.75) is 26.4 Å². The Labute approximate surface area is 204 Å². The molecule has 172 valence electrons. The Bertz CT molecular complexity index is 1450. The molecular formula is C26H22BrN3O4. The molecule has 7 nitrogen and oxygen atoms in total. The van der Waals surface area contributed by atoms with E-state index < -0.39 is 5.97 Å². The van der Waals surface area contributed by atoms with Crippen LogP contribution in [-0.4, -0.2) is 27.0 Å². The lowest BCUT2D eigenvalue weighted by Crippen LogP contribution is -2.22. The molecule has 4 aromatic rings.